The largest absolute Gasteiger partial charge is 0.503 e. The van der Waals surface area contributed by atoms with E-state index in [0.29, 0.717) is 0 Å². The van der Waals surface area contributed by atoms with Gasteiger partial charge in [0.1, 0.15) is 0 Å². The van der Waals surface area contributed by atoms with Crippen molar-refractivity contribution in [2.75, 3.05) is 0 Å². The molecule has 3 heteroatoms. The Labute approximate surface area is 82.8 Å². The Hall–Kier alpha value is -0.700. The van der Waals surface area contributed by atoms with E-state index in [-0.39, 0.29) is 23.3 Å². The van der Waals surface area contributed by atoms with Crippen molar-refractivity contribution in [1.29, 1.82) is 0 Å². The van der Waals surface area contributed by atoms with Gasteiger partial charge in [0.05, 0.1) is 9.75 Å². The summed E-state index contributed by atoms with van der Waals surface area (Å²) in [6.07, 6.45) is 0. The fourth-order valence-electron chi connectivity index (χ4n) is 1.23. The van der Waals surface area contributed by atoms with E-state index >= 15 is 0 Å². The van der Waals surface area contributed by atoms with E-state index in [0.717, 1.165) is 9.75 Å². The lowest BCUT2D eigenvalue weighted by Gasteiger charge is -2.00. The van der Waals surface area contributed by atoms with Gasteiger partial charge >= 0.3 is 0 Å². The Morgan fingerprint density at radius 1 is 0.846 bits per heavy atom. The Morgan fingerprint density at radius 3 is 1.31 bits per heavy atom. The van der Waals surface area contributed by atoms with E-state index in [2.05, 4.69) is 0 Å². The summed E-state index contributed by atoms with van der Waals surface area (Å²) in [6, 6.07) is 0. The van der Waals surface area contributed by atoms with E-state index in [9.17, 15) is 10.2 Å². The normalized spacial score (nSPS) is 11.5. The van der Waals surface area contributed by atoms with E-state index in [4.69, 9.17) is 0 Å². The van der Waals surface area contributed by atoms with Gasteiger partial charge in [0.25, 0.3) is 0 Å². The van der Waals surface area contributed by atoms with Gasteiger partial charge in [0.2, 0.25) is 0 Å². The molecule has 1 heterocycles. The molecule has 0 aliphatic carbocycles. The van der Waals surface area contributed by atoms with Gasteiger partial charge in [-0.2, -0.15) is 0 Å². The molecule has 0 saturated heterocycles. The predicted molar refractivity (Wildman–Crippen MR) is 55.8 cm³/mol. The quantitative estimate of drug-likeness (QED) is 0.768. The van der Waals surface area contributed by atoms with Crippen molar-refractivity contribution in [2.45, 2.75) is 39.5 Å². The number of aromatic hydroxyl groups is 2. The van der Waals surface area contributed by atoms with Crippen molar-refractivity contribution in [3.05, 3.63) is 9.75 Å². The molecule has 0 unspecified atom stereocenters. The summed E-state index contributed by atoms with van der Waals surface area (Å²) >= 11 is 1.50. The van der Waals surface area contributed by atoms with Crippen molar-refractivity contribution < 1.29 is 10.2 Å². The SMILES string of the molecule is CC(C)c1sc(C(C)C)c(O)c1O. The molecule has 0 radical (unpaired) electrons. The first-order valence-electron chi connectivity index (χ1n) is 4.49. The first-order chi connectivity index (χ1) is 5.95. The van der Waals surface area contributed by atoms with Crippen LogP contribution in [0.15, 0.2) is 0 Å². The van der Waals surface area contributed by atoms with Gasteiger partial charge in [-0.1, -0.05) is 27.7 Å². The van der Waals surface area contributed by atoms with Crippen LogP contribution in [0.1, 0.15) is 49.3 Å². The van der Waals surface area contributed by atoms with Crippen LogP contribution in [0, 0.1) is 0 Å². The van der Waals surface area contributed by atoms with Crippen molar-refractivity contribution in [3.63, 3.8) is 0 Å². The molecule has 0 amide bonds. The molecule has 0 aliphatic rings. The number of hydrogen-bond acceptors (Lipinski definition) is 3. The summed E-state index contributed by atoms with van der Waals surface area (Å²) in [5.74, 6) is 0.680. The Balaban J connectivity index is 3.20. The summed E-state index contributed by atoms with van der Waals surface area (Å²) in [7, 11) is 0. The fraction of sp³-hybridized carbons (Fsp3) is 0.600. The van der Waals surface area contributed by atoms with Crippen LogP contribution >= 0.6 is 11.3 Å². The Kier molecular flexibility index (Phi) is 2.86. The van der Waals surface area contributed by atoms with Crippen LogP contribution in [0.4, 0.5) is 0 Å². The highest BCUT2D eigenvalue weighted by Gasteiger charge is 2.20. The van der Waals surface area contributed by atoms with Crippen LogP contribution in [0.3, 0.4) is 0 Å². The second-order valence-electron chi connectivity index (χ2n) is 3.84. The molecule has 1 aromatic rings. The highest BCUT2D eigenvalue weighted by atomic mass is 32.1. The molecule has 1 rings (SSSR count). The molecule has 0 aliphatic heterocycles. The van der Waals surface area contributed by atoms with E-state index in [1.54, 1.807) is 0 Å². The molecule has 13 heavy (non-hydrogen) atoms. The highest BCUT2D eigenvalue weighted by molar-refractivity contribution is 7.12. The molecular formula is C10H16O2S. The molecule has 0 atom stereocenters. The molecule has 1 aromatic heterocycles. The Bertz CT molecular complexity index is 272. The van der Waals surface area contributed by atoms with Crippen molar-refractivity contribution >= 4 is 11.3 Å². The van der Waals surface area contributed by atoms with Crippen molar-refractivity contribution in [1.82, 2.24) is 0 Å². The standard InChI is InChI=1S/C10H16O2S/c1-5(2)9-7(11)8(12)10(13-9)6(3)4/h5-6,11-12H,1-4H3. The van der Waals surface area contributed by atoms with Gasteiger partial charge in [-0.05, 0) is 11.8 Å². The van der Waals surface area contributed by atoms with Gasteiger partial charge in [0, 0.05) is 0 Å². The molecule has 2 N–H and O–H groups in total. The summed E-state index contributed by atoms with van der Waals surface area (Å²) < 4.78 is 0. The topological polar surface area (TPSA) is 40.5 Å². The average molecular weight is 200 g/mol. The molecule has 0 spiro atoms. The lowest BCUT2D eigenvalue weighted by atomic mass is 10.1. The molecule has 0 bridgehead atoms. The minimum absolute atomic E-state index is 0.0729. The second-order valence-corrected chi connectivity index (χ2v) is 4.92. The summed E-state index contributed by atoms with van der Waals surface area (Å²) in [4.78, 5) is 1.75. The van der Waals surface area contributed by atoms with Crippen LogP contribution in [-0.2, 0) is 0 Å². The van der Waals surface area contributed by atoms with Crippen LogP contribution in [-0.4, -0.2) is 10.2 Å². The summed E-state index contributed by atoms with van der Waals surface area (Å²) in [5, 5.41) is 19.2. The van der Waals surface area contributed by atoms with Gasteiger partial charge in [0.15, 0.2) is 11.5 Å². The van der Waals surface area contributed by atoms with Crippen molar-refractivity contribution in [2.24, 2.45) is 0 Å². The number of thiophene rings is 1. The van der Waals surface area contributed by atoms with Crippen molar-refractivity contribution in [3.8, 4) is 11.5 Å². The zero-order valence-corrected chi connectivity index (χ0v) is 9.27. The summed E-state index contributed by atoms with van der Waals surface area (Å²) in [5.41, 5.74) is 0. The lowest BCUT2D eigenvalue weighted by molar-refractivity contribution is 0.398. The maximum atomic E-state index is 9.60. The van der Waals surface area contributed by atoms with Gasteiger partial charge in [-0.25, -0.2) is 0 Å². The van der Waals surface area contributed by atoms with E-state index < -0.39 is 0 Å². The lowest BCUT2D eigenvalue weighted by Crippen LogP contribution is -1.80. The zero-order valence-electron chi connectivity index (χ0n) is 8.46. The Morgan fingerprint density at radius 2 is 1.15 bits per heavy atom. The molecular weight excluding hydrogens is 184 g/mol. The minimum atomic E-state index is 0.0729. The van der Waals surface area contributed by atoms with E-state index in [1.807, 2.05) is 27.7 Å². The molecule has 0 saturated carbocycles. The molecule has 0 fully saturated rings. The molecule has 2 nitrogen and oxygen atoms in total. The van der Waals surface area contributed by atoms with E-state index in [1.165, 1.54) is 11.3 Å². The predicted octanol–water partition coefficient (Wildman–Crippen LogP) is 3.41. The third-order valence-corrected chi connectivity index (χ3v) is 3.73. The maximum absolute atomic E-state index is 9.60. The fourth-order valence-corrected chi connectivity index (χ4v) is 2.33. The second kappa shape index (κ2) is 3.58. The third kappa shape index (κ3) is 1.80. The van der Waals surface area contributed by atoms with Gasteiger partial charge in [-0.3, -0.25) is 0 Å². The third-order valence-electron chi connectivity index (χ3n) is 1.96. The highest BCUT2D eigenvalue weighted by Crippen LogP contribution is 2.46. The monoisotopic (exact) mass is 200 g/mol. The average Bonchev–Trinajstić information content (AvgIpc) is 2.29. The van der Waals surface area contributed by atoms with Gasteiger partial charge < -0.3 is 10.2 Å². The van der Waals surface area contributed by atoms with Crippen LogP contribution in [0.25, 0.3) is 0 Å². The summed E-state index contributed by atoms with van der Waals surface area (Å²) in [6.45, 7) is 8.04. The zero-order chi connectivity index (χ0) is 10.2. The first-order valence-corrected chi connectivity index (χ1v) is 5.31. The molecule has 74 valence electrons. The maximum Gasteiger partial charge on any atom is 0.172 e. The number of hydrogen-bond donors (Lipinski definition) is 2. The first kappa shape index (κ1) is 10.4. The van der Waals surface area contributed by atoms with Crippen LogP contribution in [0.2, 0.25) is 0 Å². The van der Waals surface area contributed by atoms with Gasteiger partial charge in [-0.15, -0.1) is 11.3 Å². The van der Waals surface area contributed by atoms with Crippen LogP contribution < -0.4 is 0 Å². The minimum Gasteiger partial charge on any atom is -0.503 e. The van der Waals surface area contributed by atoms with Crippen LogP contribution in [0.5, 0.6) is 11.5 Å². The smallest absolute Gasteiger partial charge is 0.172 e. The number of rotatable bonds is 2. The molecule has 0 aromatic carbocycles.